The van der Waals surface area contributed by atoms with Crippen LogP contribution in [0.1, 0.15) is 13.3 Å². The molecule has 2 N–H and O–H groups in total. The van der Waals surface area contributed by atoms with Crippen molar-refractivity contribution in [2.24, 2.45) is 0 Å². The molecule has 1 fully saturated rings. The first-order chi connectivity index (χ1) is 8.08. The first kappa shape index (κ1) is 11.7. The second-order valence-corrected chi connectivity index (χ2v) is 4.07. The van der Waals surface area contributed by atoms with Gasteiger partial charge in [-0.05, 0) is 25.5 Å². The van der Waals surface area contributed by atoms with Crippen LogP contribution >= 0.6 is 0 Å². The van der Waals surface area contributed by atoms with E-state index in [1.165, 1.54) is 12.1 Å². The molecular weight excluding hydrogens is 224 g/mol. The third-order valence-electron chi connectivity index (χ3n) is 2.90. The molecule has 0 aliphatic carbocycles. The van der Waals surface area contributed by atoms with Crippen molar-refractivity contribution < 1.29 is 14.8 Å². The molecule has 1 aromatic rings. The molecule has 2 atom stereocenters. The first-order valence-electron chi connectivity index (χ1n) is 5.43. The zero-order chi connectivity index (χ0) is 12.4. The molecule has 1 aromatic carbocycles. The molecule has 0 radical (unpaired) electrons. The van der Waals surface area contributed by atoms with Crippen LogP contribution in [-0.2, 0) is 4.74 Å². The number of anilines is 1. The Labute approximate surface area is 98.4 Å². The van der Waals surface area contributed by atoms with Crippen LogP contribution in [0.3, 0.4) is 0 Å². The van der Waals surface area contributed by atoms with Gasteiger partial charge in [-0.1, -0.05) is 0 Å². The van der Waals surface area contributed by atoms with Crippen LogP contribution in [0.2, 0.25) is 0 Å². The van der Waals surface area contributed by atoms with Crippen molar-refractivity contribution in [3.05, 3.63) is 28.3 Å². The van der Waals surface area contributed by atoms with E-state index in [0.717, 1.165) is 12.5 Å². The Kier molecular flexibility index (Phi) is 3.14. The van der Waals surface area contributed by atoms with Crippen molar-refractivity contribution in [1.82, 2.24) is 0 Å². The Morgan fingerprint density at radius 2 is 2.35 bits per heavy atom. The lowest BCUT2D eigenvalue weighted by Gasteiger charge is -2.17. The molecular formula is C11H14N2O4. The van der Waals surface area contributed by atoms with Crippen molar-refractivity contribution >= 4 is 11.4 Å². The highest BCUT2D eigenvalue weighted by molar-refractivity contribution is 5.64. The average molecular weight is 238 g/mol. The minimum atomic E-state index is -0.511. The summed E-state index contributed by atoms with van der Waals surface area (Å²) < 4.78 is 5.38. The number of benzene rings is 1. The van der Waals surface area contributed by atoms with E-state index in [1.807, 2.05) is 6.92 Å². The third-order valence-corrected chi connectivity index (χ3v) is 2.90. The predicted molar refractivity (Wildman–Crippen MR) is 62.2 cm³/mol. The lowest BCUT2D eigenvalue weighted by molar-refractivity contribution is -0.384. The monoisotopic (exact) mass is 238 g/mol. The van der Waals surface area contributed by atoms with Gasteiger partial charge >= 0.3 is 0 Å². The molecule has 1 aliphatic heterocycles. The molecule has 0 aromatic heterocycles. The largest absolute Gasteiger partial charge is 0.508 e. The van der Waals surface area contributed by atoms with Crippen molar-refractivity contribution in [1.29, 1.82) is 0 Å². The Morgan fingerprint density at radius 3 is 2.94 bits per heavy atom. The molecule has 0 saturated carbocycles. The van der Waals surface area contributed by atoms with Gasteiger partial charge < -0.3 is 15.2 Å². The Balaban J connectivity index is 2.22. The Bertz CT molecular complexity index is 435. The van der Waals surface area contributed by atoms with Gasteiger partial charge in [-0.15, -0.1) is 0 Å². The number of hydrogen-bond donors (Lipinski definition) is 2. The zero-order valence-electron chi connectivity index (χ0n) is 9.42. The third kappa shape index (κ3) is 2.47. The number of nitro groups is 1. The van der Waals surface area contributed by atoms with E-state index in [2.05, 4.69) is 5.32 Å². The van der Waals surface area contributed by atoms with Crippen LogP contribution in [-0.4, -0.2) is 28.8 Å². The second kappa shape index (κ2) is 4.58. The maximum Gasteiger partial charge on any atom is 0.296 e. The van der Waals surface area contributed by atoms with E-state index in [0.29, 0.717) is 12.3 Å². The topological polar surface area (TPSA) is 84.6 Å². The van der Waals surface area contributed by atoms with E-state index in [4.69, 9.17) is 4.74 Å². The molecule has 1 saturated heterocycles. The summed E-state index contributed by atoms with van der Waals surface area (Å²) in [5.41, 5.74) is 0.291. The fraction of sp³-hybridized carbons (Fsp3) is 0.455. The van der Waals surface area contributed by atoms with Crippen molar-refractivity contribution in [3.8, 4) is 5.75 Å². The number of phenols is 1. The van der Waals surface area contributed by atoms with Gasteiger partial charge in [-0.3, -0.25) is 10.1 Å². The normalized spacial score (nSPS) is 23.6. The van der Waals surface area contributed by atoms with E-state index in [9.17, 15) is 15.2 Å². The van der Waals surface area contributed by atoms with Gasteiger partial charge in [0.05, 0.1) is 23.1 Å². The van der Waals surface area contributed by atoms with Crippen LogP contribution in [0, 0.1) is 10.1 Å². The smallest absolute Gasteiger partial charge is 0.296 e. The van der Waals surface area contributed by atoms with Crippen LogP contribution < -0.4 is 5.32 Å². The number of nitrogens with zero attached hydrogens (tertiary/aromatic N) is 1. The second-order valence-electron chi connectivity index (χ2n) is 4.07. The molecule has 0 spiro atoms. The fourth-order valence-electron chi connectivity index (χ4n) is 1.91. The maximum atomic E-state index is 10.9. The number of nitrogens with one attached hydrogen (secondary N) is 1. The SMILES string of the molecule is CC1OCCC1Nc1ccc(O)cc1[N+](=O)[O-]. The minimum absolute atomic E-state index is 0.0309. The number of rotatable bonds is 3. The van der Waals surface area contributed by atoms with Gasteiger partial charge in [0.15, 0.2) is 0 Å². The quantitative estimate of drug-likeness (QED) is 0.477. The lowest BCUT2D eigenvalue weighted by atomic mass is 10.1. The molecule has 1 aliphatic rings. The molecule has 0 bridgehead atoms. The van der Waals surface area contributed by atoms with Crippen molar-refractivity contribution in [2.75, 3.05) is 11.9 Å². The van der Waals surface area contributed by atoms with Crippen LogP contribution in [0.25, 0.3) is 0 Å². The van der Waals surface area contributed by atoms with Gasteiger partial charge in [-0.25, -0.2) is 0 Å². The standard InChI is InChI=1S/C11H14N2O4/c1-7-9(4-5-17-7)12-10-3-2-8(14)6-11(10)13(15)16/h2-3,6-7,9,12,14H,4-5H2,1H3. The summed E-state index contributed by atoms with van der Waals surface area (Å²) in [6, 6.07) is 4.15. The summed E-state index contributed by atoms with van der Waals surface area (Å²) in [6.45, 7) is 2.58. The van der Waals surface area contributed by atoms with Crippen LogP contribution in [0.5, 0.6) is 5.75 Å². The fourth-order valence-corrected chi connectivity index (χ4v) is 1.91. The molecule has 6 nitrogen and oxygen atoms in total. The molecule has 6 heteroatoms. The van der Waals surface area contributed by atoms with Crippen molar-refractivity contribution in [2.45, 2.75) is 25.5 Å². The predicted octanol–water partition coefficient (Wildman–Crippen LogP) is 1.89. The van der Waals surface area contributed by atoms with Crippen molar-refractivity contribution in [3.63, 3.8) is 0 Å². The number of nitro benzene ring substituents is 1. The summed E-state index contributed by atoms with van der Waals surface area (Å²) in [7, 11) is 0. The molecule has 2 rings (SSSR count). The summed E-state index contributed by atoms with van der Waals surface area (Å²) in [5, 5.41) is 23.2. The summed E-state index contributed by atoms with van der Waals surface area (Å²) in [6.07, 6.45) is 0.850. The number of ether oxygens (including phenoxy) is 1. The van der Waals surface area contributed by atoms with Gasteiger partial charge in [0, 0.05) is 6.61 Å². The highest BCUT2D eigenvalue weighted by Gasteiger charge is 2.26. The average Bonchev–Trinajstić information content (AvgIpc) is 2.67. The van der Waals surface area contributed by atoms with Crippen LogP contribution in [0.15, 0.2) is 18.2 Å². The Hall–Kier alpha value is -1.82. The molecule has 0 amide bonds. The van der Waals surface area contributed by atoms with E-state index in [-0.39, 0.29) is 23.6 Å². The maximum absolute atomic E-state index is 10.9. The minimum Gasteiger partial charge on any atom is -0.508 e. The van der Waals surface area contributed by atoms with Gasteiger partial charge in [0.2, 0.25) is 0 Å². The van der Waals surface area contributed by atoms with E-state index >= 15 is 0 Å². The number of aromatic hydroxyl groups is 1. The summed E-state index contributed by atoms with van der Waals surface area (Å²) in [4.78, 5) is 10.3. The number of phenolic OH excluding ortho intramolecular Hbond substituents is 1. The molecule has 92 valence electrons. The summed E-state index contributed by atoms with van der Waals surface area (Å²) >= 11 is 0. The van der Waals surface area contributed by atoms with E-state index in [1.54, 1.807) is 0 Å². The molecule has 17 heavy (non-hydrogen) atoms. The van der Waals surface area contributed by atoms with Crippen LogP contribution in [0.4, 0.5) is 11.4 Å². The zero-order valence-corrected chi connectivity index (χ0v) is 9.42. The van der Waals surface area contributed by atoms with E-state index < -0.39 is 4.92 Å². The van der Waals surface area contributed by atoms with Gasteiger partial charge in [-0.2, -0.15) is 0 Å². The first-order valence-corrected chi connectivity index (χ1v) is 5.43. The van der Waals surface area contributed by atoms with Gasteiger partial charge in [0.1, 0.15) is 11.4 Å². The highest BCUT2D eigenvalue weighted by atomic mass is 16.6. The number of hydrogen-bond acceptors (Lipinski definition) is 5. The highest BCUT2D eigenvalue weighted by Crippen LogP contribution is 2.30. The molecule has 2 unspecified atom stereocenters. The lowest BCUT2D eigenvalue weighted by Crippen LogP contribution is -2.26. The Morgan fingerprint density at radius 1 is 1.59 bits per heavy atom. The van der Waals surface area contributed by atoms with Gasteiger partial charge in [0.25, 0.3) is 5.69 Å². The molecule has 1 heterocycles. The summed E-state index contributed by atoms with van der Waals surface area (Å²) in [5.74, 6) is -0.113.